The first kappa shape index (κ1) is 13.6. The summed E-state index contributed by atoms with van der Waals surface area (Å²) < 4.78 is 28.4. The molecule has 0 amide bonds. The van der Waals surface area contributed by atoms with Crippen LogP contribution in [0.15, 0.2) is 18.2 Å². The molecular formula is C13H12F2N4O2. The number of carboxylic acids is 1. The Morgan fingerprint density at radius 3 is 2.76 bits per heavy atom. The molecule has 0 aliphatic heterocycles. The Balaban J connectivity index is 1.98. The number of carboxylic acid groups (broad SMARTS) is 1. The zero-order valence-corrected chi connectivity index (χ0v) is 11.0. The fraction of sp³-hybridized carbons (Fsp3) is 0.385. The van der Waals surface area contributed by atoms with Gasteiger partial charge >= 0.3 is 5.97 Å². The summed E-state index contributed by atoms with van der Waals surface area (Å²) in [7, 11) is 0. The summed E-state index contributed by atoms with van der Waals surface area (Å²) in [6.07, 6.45) is 1.86. The first-order valence-corrected chi connectivity index (χ1v) is 6.47. The van der Waals surface area contributed by atoms with Crippen LogP contribution >= 0.6 is 0 Å². The third-order valence-corrected chi connectivity index (χ3v) is 3.94. The number of halogens is 2. The molecule has 1 aliphatic carbocycles. The van der Waals surface area contributed by atoms with E-state index in [4.69, 9.17) is 0 Å². The van der Waals surface area contributed by atoms with Crippen LogP contribution in [0.4, 0.5) is 8.78 Å². The Labute approximate surface area is 118 Å². The van der Waals surface area contributed by atoms with Crippen LogP contribution in [-0.4, -0.2) is 31.3 Å². The van der Waals surface area contributed by atoms with E-state index in [9.17, 15) is 18.7 Å². The highest BCUT2D eigenvalue weighted by molar-refractivity contribution is 5.75. The summed E-state index contributed by atoms with van der Waals surface area (Å²) in [5, 5.41) is 20.2. The van der Waals surface area contributed by atoms with E-state index in [0.29, 0.717) is 12.8 Å². The zero-order valence-electron chi connectivity index (χ0n) is 11.0. The molecule has 1 aromatic carbocycles. The zero-order chi connectivity index (χ0) is 15.0. The Bertz CT molecular complexity index is 697. The molecule has 1 N–H and O–H groups in total. The summed E-state index contributed by atoms with van der Waals surface area (Å²) in [5.41, 5.74) is -1.01. The van der Waals surface area contributed by atoms with Crippen LogP contribution in [0, 0.1) is 17.0 Å². The summed E-state index contributed by atoms with van der Waals surface area (Å²) in [6, 6.07) is 3.70. The van der Waals surface area contributed by atoms with Crippen LogP contribution in [0.5, 0.6) is 0 Å². The number of carbonyl (C=O) groups is 1. The smallest absolute Gasteiger partial charge is 0.311 e. The molecule has 21 heavy (non-hydrogen) atoms. The number of hydrogen-bond acceptors (Lipinski definition) is 4. The molecule has 0 unspecified atom stereocenters. The number of tetrazole rings is 1. The van der Waals surface area contributed by atoms with Gasteiger partial charge in [0.25, 0.3) is 0 Å². The second kappa shape index (κ2) is 4.87. The van der Waals surface area contributed by atoms with Gasteiger partial charge in [0.15, 0.2) is 17.5 Å². The summed E-state index contributed by atoms with van der Waals surface area (Å²) in [4.78, 5) is 11.4. The van der Waals surface area contributed by atoms with Gasteiger partial charge in [0.2, 0.25) is 0 Å². The van der Waals surface area contributed by atoms with E-state index >= 15 is 0 Å². The molecule has 0 bridgehead atoms. The number of rotatable bonds is 4. The minimum atomic E-state index is -1.05. The molecule has 3 rings (SSSR count). The number of hydrogen-bond donors (Lipinski definition) is 1. The van der Waals surface area contributed by atoms with Crippen LogP contribution in [0.3, 0.4) is 0 Å². The molecule has 2 aromatic rings. The molecule has 0 atom stereocenters. The second-order valence-electron chi connectivity index (χ2n) is 5.20. The van der Waals surface area contributed by atoms with Crippen LogP contribution in [0.1, 0.15) is 19.3 Å². The highest BCUT2D eigenvalue weighted by Crippen LogP contribution is 2.43. The van der Waals surface area contributed by atoms with Crippen molar-refractivity contribution in [1.82, 2.24) is 20.2 Å². The average Bonchev–Trinajstić information content (AvgIpc) is 2.84. The van der Waals surface area contributed by atoms with Crippen molar-refractivity contribution in [2.75, 3.05) is 0 Å². The first-order valence-electron chi connectivity index (χ1n) is 6.47. The largest absolute Gasteiger partial charge is 0.481 e. The lowest BCUT2D eigenvalue weighted by molar-refractivity contribution is -0.156. The third-order valence-electron chi connectivity index (χ3n) is 3.94. The van der Waals surface area contributed by atoms with Crippen molar-refractivity contribution in [2.24, 2.45) is 5.41 Å². The van der Waals surface area contributed by atoms with Crippen LogP contribution in [-0.2, 0) is 11.3 Å². The lowest BCUT2D eigenvalue weighted by Crippen LogP contribution is -2.42. The van der Waals surface area contributed by atoms with E-state index in [-0.39, 0.29) is 17.9 Å². The van der Waals surface area contributed by atoms with Gasteiger partial charge in [0, 0.05) is 0 Å². The summed E-state index contributed by atoms with van der Waals surface area (Å²) >= 11 is 0. The van der Waals surface area contributed by atoms with E-state index in [1.54, 1.807) is 0 Å². The van der Waals surface area contributed by atoms with E-state index in [2.05, 4.69) is 15.5 Å². The number of aliphatic carboxylic acids is 1. The predicted octanol–water partition coefficient (Wildman–Crippen LogP) is 1.87. The molecule has 1 heterocycles. The van der Waals surface area contributed by atoms with Gasteiger partial charge in [-0.25, -0.2) is 13.5 Å². The molecule has 0 radical (unpaired) electrons. The Hall–Kier alpha value is -2.38. The molecule has 8 heteroatoms. The normalized spacial score (nSPS) is 16.5. The van der Waals surface area contributed by atoms with Gasteiger partial charge in [-0.15, -0.1) is 5.10 Å². The fourth-order valence-electron chi connectivity index (χ4n) is 2.51. The van der Waals surface area contributed by atoms with Gasteiger partial charge in [-0.3, -0.25) is 4.79 Å². The lowest BCUT2D eigenvalue weighted by Gasteiger charge is -2.37. The van der Waals surface area contributed by atoms with Crippen molar-refractivity contribution in [2.45, 2.75) is 25.8 Å². The molecule has 1 saturated carbocycles. The molecule has 110 valence electrons. The molecular weight excluding hydrogens is 282 g/mol. The summed E-state index contributed by atoms with van der Waals surface area (Å²) in [6.45, 7) is 0.0423. The van der Waals surface area contributed by atoms with Gasteiger partial charge in [-0.2, -0.15) is 0 Å². The highest BCUT2D eigenvalue weighted by Gasteiger charge is 2.45. The Morgan fingerprint density at radius 2 is 2.14 bits per heavy atom. The minimum Gasteiger partial charge on any atom is -0.481 e. The Kier molecular flexibility index (Phi) is 3.15. The number of benzene rings is 1. The van der Waals surface area contributed by atoms with Gasteiger partial charge < -0.3 is 5.11 Å². The van der Waals surface area contributed by atoms with Gasteiger partial charge in [0.1, 0.15) is 0 Å². The van der Waals surface area contributed by atoms with Crippen LogP contribution in [0.2, 0.25) is 0 Å². The lowest BCUT2D eigenvalue weighted by atomic mass is 9.69. The second-order valence-corrected chi connectivity index (χ2v) is 5.20. The van der Waals surface area contributed by atoms with Crippen molar-refractivity contribution < 1.29 is 18.7 Å². The maximum Gasteiger partial charge on any atom is 0.311 e. The number of aromatic nitrogens is 4. The van der Waals surface area contributed by atoms with Crippen molar-refractivity contribution >= 4 is 5.97 Å². The van der Waals surface area contributed by atoms with Crippen molar-refractivity contribution in [3.05, 3.63) is 29.8 Å². The molecule has 1 fully saturated rings. The van der Waals surface area contributed by atoms with Crippen LogP contribution in [0.25, 0.3) is 11.4 Å². The van der Waals surface area contributed by atoms with E-state index < -0.39 is 23.0 Å². The molecule has 0 saturated heterocycles. The van der Waals surface area contributed by atoms with Crippen molar-refractivity contribution in [3.8, 4) is 11.4 Å². The van der Waals surface area contributed by atoms with E-state index in [1.807, 2.05) is 0 Å². The van der Waals surface area contributed by atoms with Gasteiger partial charge in [-0.1, -0.05) is 12.5 Å². The van der Waals surface area contributed by atoms with Gasteiger partial charge in [0.05, 0.1) is 17.5 Å². The highest BCUT2D eigenvalue weighted by atomic mass is 19.2. The van der Waals surface area contributed by atoms with Crippen LogP contribution < -0.4 is 0 Å². The minimum absolute atomic E-state index is 0.0273. The van der Waals surface area contributed by atoms with E-state index in [1.165, 1.54) is 16.8 Å². The first-order chi connectivity index (χ1) is 10.0. The summed E-state index contributed by atoms with van der Waals surface area (Å²) in [5.74, 6) is -2.94. The number of nitrogens with zero attached hydrogens (tertiary/aromatic N) is 4. The SMILES string of the molecule is O=C(O)C1(Cn2nnnc2-c2cccc(F)c2F)CCC1. The molecule has 6 nitrogen and oxygen atoms in total. The van der Waals surface area contributed by atoms with Crippen molar-refractivity contribution in [3.63, 3.8) is 0 Å². The maximum absolute atomic E-state index is 13.8. The van der Waals surface area contributed by atoms with Crippen molar-refractivity contribution in [1.29, 1.82) is 0 Å². The Morgan fingerprint density at radius 1 is 1.38 bits per heavy atom. The fourth-order valence-corrected chi connectivity index (χ4v) is 2.51. The molecule has 0 spiro atoms. The quantitative estimate of drug-likeness (QED) is 0.931. The molecule has 1 aliphatic rings. The monoisotopic (exact) mass is 294 g/mol. The van der Waals surface area contributed by atoms with E-state index in [0.717, 1.165) is 12.5 Å². The average molecular weight is 294 g/mol. The molecule has 1 aromatic heterocycles. The maximum atomic E-state index is 13.8. The standard InChI is InChI=1S/C13H12F2N4O2/c14-9-4-1-3-8(10(9)15)11-16-17-18-19(11)7-13(12(20)21)5-2-6-13/h1,3-4H,2,5-7H2,(H,20,21). The third kappa shape index (κ3) is 2.16. The topological polar surface area (TPSA) is 80.9 Å². The predicted molar refractivity (Wildman–Crippen MR) is 67.1 cm³/mol. The van der Waals surface area contributed by atoms with Gasteiger partial charge in [-0.05, 0) is 35.4 Å².